The zero-order chi connectivity index (χ0) is 11.2. The lowest BCUT2D eigenvalue weighted by atomic mass is 10.2. The van der Waals surface area contributed by atoms with Crippen molar-refractivity contribution < 1.29 is 18.6 Å². The Labute approximate surface area is 94.1 Å². The first-order valence-corrected chi connectivity index (χ1v) is 5.45. The normalized spacial score (nSPS) is 20.4. The Balaban J connectivity index is 1.94. The Hall–Kier alpha value is -1.29. The SMILES string of the molecule is FCOc1cccc(OC2CCCCO2)c1. The number of alkyl halides is 1. The van der Waals surface area contributed by atoms with Gasteiger partial charge in [0.25, 0.3) is 0 Å². The molecule has 0 N–H and O–H groups in total. The quantitative estimate of drug-likeness (QED) is 0.790. The highest BCUT2D eigenvalue weighted by Crippen LogP contribution is 2.23. The summed E-state index contributed by atoms with van der Waals surface area (Å²) in [5.41, 5.74) is 0. The molecule has 0 amide bonds. The second-order valence-electron chi connectivity index (χ2n) is 3.64. The van der Waals surface area contributed by atoms with Gasteiger partial charge in [-0.15, -0.1) is 0 Å². The number of halogens is 1. The summed E-state index contributed by atoms with van der Waals surface area (Å²) in [6, 6.07) is 6.93. The molecule has 1 aromatic carbocycles. The molecule has 1 unspecified atom stereocenters. The monoisotopic (exact) mass is 226 g/mol. The van der Waals surface area contributed by atoms with Crippen molar-refractivity contribution >= 4 is 0 Å². The molecule has 3 nitrogen and oxygen atoms in total. The van der Waals surface area contributed by atoms with E-state index in [9.17, 15) is 4.39 Å². The molecule has 1 aliphatic rings. The van der Waals surface area contributed by atoms with E-state index in [0.717, 1.165) is 25.9 Å². The van der Waals surface area contributed by atoms with Crippen LogP contribution in [0.5, 0.6) is 11.5 Å². The first-order valence-electron chi connectivity index (χ1n) is 5.45. The molecule has 1 atom stereocenters. The van der Waals surface area contributed by atoms with E-state index in [0.29, 0.717) is 11.5 Å². The topological polar surface area (TPSA) is 27.7 Å². The van der Waals surface area contributed by atoms with Crippen molar-refractivity contribution in [3.63, 3.8) is 0 Å². The minimum atomic E-state index is -0.830. The Morgan fingerprint density at radius 2 is 2.19 bits per heavy atom. The summed E-state index contributed by atoms with van der Waals surface area (Å²) in [5, 5.41) is 0. The lowest BCUT2D eigenvalue weighted by molar-refractivity contribution is -0.105. The maximum absolute atomic E-state index is 12.0. The fourth-order valence-corrected chi connectivity index (χ4v) is 1.66. The van der Waals surface area contributed by atoms with E-state index in [1.807, 2.05) is 6.07 Å². The molecule has 4 heteroatoms. The van der Waals surface area contributed by atoms with Crippen LogP contribution < -0.4 is 9.47 Å². The molecule has 1 aromatic rings. The largest absolute Gasteiger partial charge is 0.465 e. The molecule has 0 aromatic heterocycles. The van der Waals surface area contributed by atoms with Crippen LogP contribution in [0.1, 0.15) is 19.3 Å². The highest BCUT2D eigenvalue weighted by Gasteiger charge is 2.15. The molecule has 16 heavy (non-hydrogen) atoms. The van der Waals surface area contributed by atoms with Gasteiger partial charge in [-0.05, 0) is 25.0 Å². The molecule has 1 aliphatic heterocycles. The van der Waals surface area contributed by atoms with E-state index in [2.05, 4.69) is 0 Å². The van der Waals surface area contributed by atoms with Crippen LogP contribution in [0.15, 0.2) is 24.3 Å². The van der Waals surface area contributed by atoms with E-state index in [-0.39, 0.29) is 6.29 Å². The molecular formula is C12H15FO3. The van der Waals surface area contributed by atoms with Crippen molar-refractivity contribution in [2.45, 2.75) is 25.6 Å². The predicted molar refractivity (Wildman–Crippen MR) is 57.3 cm³/mol. The predicted octanol–water partition coefficient (Wildman–Crippen LogP) is 2.90. The van der Waals surface area contributed by atoms with E-state index >= 15 is 0 Å². The standard InChI is InChI=1S/C12H15FO3/c13-9-15-10-4-3-5-11(8-10)16-12-6-1-2-7-14-12/h3-5,8,12H,1-2,6-7,9H2. The first kappa shape index (κ1) is 11.2. The summed E-state index contributed by atoms with van der Waals surface area (Å²) < 4.78 is 27.8. The van der Waals surface area contributed by atoms with Gasteiger partial charge < -0.3 is 14.2 Å². The van der Waals surface area contributed by atoms with Crippen molar-refractivity contribution in [3.05, 3.63) is 24.3 Å². The van der Waals surface area contributed by atoms with E-state index in [1.165, 1.54) is 0 Å². The van der Waals surface area contributed by atoms with Gasteiger partial charge in [-0.3, -0.25) is 0 Å². The minimum absolute atomic E-state index is 0.186. The minimum Gasteiger partial charge on any atom is -0.465 e. The first-order chi connectivity index (χ1) is 7.88. The van der Waals surface area contributed by atoms with Gasteiger partial charge in [0, 0.05) is 12.5 Å². The van der Waals surface area contributed by atoms with Crippen LogP contribution in [-0.2, 0) is 4.74 Å². The lowest BCUT2D eigenvalue weighted by Crippen LogP contribution is -2.24. The average Bonchev–Trinajstić information content (AvgIpc) is 2.31. The number of rotatable bonds is 4. The Morgan fingerprint density at radius 1 is 1.31 bits per heavy atom. The van der Waals surface area contributed by atoms with Crippen LogP contribution in [0, 0.1) is 0 Å². The molecule has 0 bridgehead atoms. The smallest absolute Gasteiger partial charge is 0.228 e. The molecular weight excluding hydrogens is 211 g/mol. The van der Waals surface area contributed by atoms with Crippen molar-refractivity contribution in [3.8, 4) is 11.5 Å². The van der Waals surface area contributed by atoms with Crippen molar-refractivity contribution in [2.24, 2.45) is 0 Å². The Morgan fingerprint density at radius 3 is 2.94 bits per heavy atom. The van der Waals surface area contributed by atoms with Crippen LogP contribution in [0.4, 0.5) is 4.39 Å². The molecule has 1 heterocycles. The second kappa shape index (κ2) is 5.70. The molecule has 0 saturated carbocycles. The van der Waals surface area contributed by atoms with Gasteiger partial charge in [-0.25, -0.2) is 4.39 Å². The van der Waals surface area contributed by atoms with Crippen LogP contribution in [0.2, 0.25) is 0 Å². The average molecular weight is 226 g/mol. The molecule has 0 radical (unpaired) electrons. The summed E-state index contributed by atoms with van der Waals surface area (Å²) in [6.07, 6.45) is 2.92. The van der Waals surface area contributed by atoms with Gasteiger partial charge in [0.05, 0.1) is 6.61 Å². The highest BCUT2D eigenvalue weighted by molar-refractivity contribution is 5.32. The van der Waals surface area contributed by atoms with E-state index in [4.69, 9.17) is 14.2 Å². The van der Waals surface area contributed by atoms with Gasteiger partial charge >= 0.3 is 0 Å². The Kier molecular flexibility index (Phi) is 3.99. The zero-order valence-electron chi connectivity index (χ0n) is 9.02. The number of hydrogen-bond acceptors (Lipinski definition) is 3. The van der Waals surface area contributed by atoms with Gasteiger partial charge in [-0.1, -0.05) is 6.07 Å². The highest BCUT2D eigenvalue weighted by atomic mass is 19.1. The van der Waals surface area contributed by atoms with Crippen molar-refractivity contribution in [1.29, 1.82) is 0 Å². The third-order valence-corrected chi connectivity index (χ3v) is 2.43. The summed E-state index contributed by atoms with van der Waals surface area (Å²) in [6.45, 7) is -0.0886. The molecule has 1 fully saturated rings. The maximum atomic E-state index is 12.0. The summed E-state index contributed by atoms with van der Waals surface area (Å²) >= 11 is 0. The summed E-state index contributed by atoms with van der Waals surface area (Å²) in [7, 11) is 0. The zero-order valence-corrected chi connectivity index (χ0v) is 9.02. The summed E-state index contributed by atoms with van der Waals surface area (Å²) in [4.78, 5) is 0. The molecule has 2 rings (SSSR count). The molecule has 1 saturated heterocycles. The number of hydrogen-bond donors (Lipinski definition) is 0. The van der Waals surface area contributed by atoms with Gasteiger partial charge in [0.1, 0.15) is 11.5 Å². The van der Waals surface area contributed by atoms with Gasteiger partial charge in [0.15, 0.2) is 6.29 Å². The third kappa shape index (κ3) is 3.10. The lowest BCUT2D eigenvalue weighted by Gasteiger charge is -2.23. The summed E-state index contributed by atoms with van der Waals surface area (Å²) in [5.74, 6) is 1.12. The molecule has 88 valence electrons. The van der Waals surface area contributed by atoms with E-state index < -0.39 is 6.86 Å². The van der Waals surface area contributed by atoms with Crippen LogP contribution in [-0.4, -0.2) is 19.8 Å². The number of benzene rings is 1. The molecule has 0 aliphatic carbocycles. The van der Waals surface area contributed by atoms with Gasteiger partial charge in [0.2, 0.25) is 6.86 Å². The van der Waals surface area contributed by atoms with Gasteiger partial charge in [-0.2, -0.15) is 0 Å². The van der Waals surface area contributed by atoms with Crippen LogP contribution >= 0.6 is 0 Å². The van der Waals surface area contributed by atoms with Crippen molar-refractivity contribution in [1.82, 2.24) is 0 Å². The fraction of sp³-hybridized carbons (Fsp3) is 0.500. The van der Waals surface area contributed by atoms with E-state index in [1.54, 1.807) is 18.2 Å². The maximum Gasteiger partial charge on any atom is 0.228 e. The number of ether oxygens (including phenoxy) is 3. The fourth-order valence-electron chi connectivity index (χ4n) is 1.66. The Bertz CT molecular complexity index is 324. The molecule has 0 spiro atoms. The van der Waals surface area contributed by atoms with Crippen LogP contribution in [0.25, 0.3) is 0 Å². The third-order valence-electron chi connectivity index (χ3n) is 2.43. The second-order valence-corrected chi connectivity index (χ2v) is 3.64. The van der Waals surface area contributed by atoms with Crippen LogP contribution in [0.3, 0.4) is 0 Å². The van der Waals surface area contributed by atoms with Crippen molar-refractivity contribution in [2.75, 3.05) is 13.5 Å².